The van der Waals surface area contributed by atoms with Gasteiger partial charge in [0.25, 0.3) is 11.8 Å². The van der Waals surface area contributed by atoms with E-state index in [9.17, 15) is 24.0 Å². The molecule has 3 rings (SSSR count). The maximum absolute atomic E-state index is 12.7. The van der Waals surface area contributed by atoms with Crippen molar-refractivity contribution in [1.29, 1.82) is 0 Å². The van der Waals surface area contributed by atoms with E-state index in [1.54, 1.807) is 11.8 Å². The minimum atomic E-state index is -1.02. The molecule has 3 aliphatic rings. The summed E-state index contributed by atoms with van der Waals surface area (Å²) in [5.41, 5.74) is 5.48. The van der Waals surface area contributed by atoms with Crippen LogP contribution in [-0.2, 0) is 24.0 Å². The fraction of sp³-hybridized carbons (Fsp3) is 0.750. The number of carbonyl (C=O) groups excluding carboxylic acids is 5. The second-order valence-corrected chi connectivity index (χ2v) is 9.44. The number of amides is 4. The van der Waals surface area contributed by atoms with Gasteiger partial charge in [0.2, 0.25) is 0 Å². The molecule has 11 heteroatoms. The lowest BCUT2D eigenvalue weighted by Crippen LogP contribution is -2.38. The van der Waals surface area contributed by atoms with Crippen molar-refractivity contribution in [2.45, 2.75) is 75.1 Å². The van der Waals surface area contributed by atoms with Crippen LogP contribution >= 0.6 is 11.8 Å². The van der Waals surface area contributed by atoms with E-state index >= 15 is 0 Å². The van der Waals surface area contributed by atoms with Crippen LogP contribution in [0.5, 0.6) is 0 Å². The molecule has 10 nitrogen and oxygen atoms in total. The molecule has 3 saturated heterocycles. The molecule has 0 aromatic carbocycles. The van der Waals surface area contributed by atoms with E-state index in [2.05, 4.69) is 10.6 Å². The number of hydrogen-bond donors (Lipinski definition) is 3. The number of fused-ring (bicyclic) bond motifs is 1. The summed E-state index contributed by atoms with van der Waals surface area (Å²) in [6, 6.07) is 0.00342. The molecular formula is C20H30N4O6S. The summed E-state index contributed by atoms with van der Waals surface area (Å²) in [6.45, 7) is 0.547. The molecule has 4 amide bonds. The van der Waals surface area contributed by atoms with Crippen LogP contribution in [0, 0.1) is 5.92 Å². The molecule has 31 heavy (non-hydrogen) atoms. The Labute approximate surface area is 185 Å². The molecule has 0 saturated carbocycles. The summed E-state index contributed by atoms with van der Waals surface area (Å²) in [5, 5.41) is 6.52. The Balaban J connectivity index is 1.55. The van der Waals surface area contributed by atoms with Gasteiger partial charge in [-0.3, -0.25) is 14.4 Å². The minimum absolute atomic E-state index is 0.00499. The molecule has 4 N–H and O–H groups in total. The molecule has 0 aromatic rings. The van der Waals surface area contributed by atoms with Gasteiger partial charge in [-0.25, -0.2) is 9.59 Å². The number of rotatable bonds is 12. The van der Waals surface area contributed by atoms with Crippen LogP contribution in [0.3, 0.4) is 0 Å². The lowest BCUT2D eigenvalue weighted by molar-refractivity contribution is -0.201. The number of imide groups is 1. The number of carbonyl (C=O) groups is 5. The Morgan fingerprint density at radius 1 is 1.10 bits per heavy atom. The van der Waals surface area contributed by atoms with Crippen molar-refractivity contribution in [1.82, 2.24) is 15.7 Å². The average Bonchev–Trinajstić information content (AvgIpc) is 3.38. The van der Waals surface area contributed by atoms with Gasteiger partial charge in [-0.1, -0.05) is 12.8 Å². The fourth-order valence-corrected chi connectivity index (χ4v) is 5.73. The molecule has 3 heterocycles. The van der Waals surface area contributed by atoms with Gasteiger partial charge >= 0.3 is 12.0 Å². The van der Waals surface area contributed by atoms with E-state index in [1.165, 1.54) is 0 Å². The van der Waals surface area contributed by atoms with Crippen LogP contribution in [0.15, 0.2) is 0 Å². The average molecular weight is 455 g/mol. The van der Waals surface area contributed by atoms with Crippen LogP contribution in [-0.4, -0.2) is 64.3 Å². The van der Waals surface area contributed by atoms with Gasteiger partial charge in [-0.2, -0.15) is 11.8 Å². The molecule has 0 radical (unpaired) electrons. The van der Waals surface area contributed by atoms with E-state index in [0.29, 0.717) is 24.4 Å². The summed E-state index contributed by atoms with van der Waals surface area (Å²) in [5.74, 6) is -2.40. The van der Waals surface area contributed by atoms with Crippen molar-refractivity contribution in [2.24, 2.45) is 11.7 Å². The highest BCUT2D eigenvalue weighted by molar-refractivity contribution is 8.00. The van der Waals surface area contributed by atoms with Gasteiger partial charge in [0.1, 0.15) is 11.7 Å². The predicted octanol–water partition coefficient (Wildman–Crippen LogP) is 0.634. The first-order valence-corrected chi connectivity index (χ1v) is 11.9. The zero-order valence-corrected chi connectivity index (χ0v) is 18.3. The van der Waals surface area contributed by atoms with Gasteiger partial charge in [-0.05, 0) is 32.2 Å². The quantitative estimate of drug-likeness (QED) is 0.168. The predicted molar refractivity (Wildman–Crippen MR) is 113 cm³/mol. The van der Waals surface area contributed by atoms with Gasteiger partial charge in [0.05, 0.1) is 12.1 Å². The highest BCUT2D eigenvalue weighted by atomic mass is 32.2. The lowest BCUT2D eigenvalue weighted by atomic mass is 9.92. The zero-order chi connectivity index (χ0) is 22.4. The van der Waals surface area contributed by atoms with E-state index < -0.39 is 23.7 Å². The number of hydrogen-bond acceptors (Lipinski definition) is 8. The van der Waals surface area contributed by atoms with Crippen molar-refractivity contribution in [3.63, 3.8) is 0 Å². The van der Waals surface area contributed by atoms with Crippen molar-refractivity contribution in [3.05, 3.63) is 0 Å². The molecule has 0 aliphatic carbocycles. The summed E-state index contributed by atoms with van der Waals surface area (Å²) >= 11 is 1.76. The summed E-state index contributed by atoms with van der Waals surface area (Å²) in [7, 11) is 0. The number of hydroxylamine groups is 2. The topological polar surface area (TPSA) is 148 Å². The number of nitrogens with zero attached hydrogens (tertiary/aromatic N) is 1. The second kappa shape index (κ2) is 10.9. The number of thioether (sulfide) groups is 1. The van der Waals surface area contributed by atoms with Gasteiger partial charge < -0.3 is 21.2 Å². The molecular weight excluding hydrogens is 424 g/mol. The van der Waals surface area contributed by atoms with Crippen molar-refractivity contribution < 1.29 is 28.8 Å². The molecule has 1 unspecified atom stereocenters. The van der Waals surface area contributed by atoms with E-state index in [0.717, 1.165) is 25.0 Å². The van der Waals surface area contributed by atoms with Crippen LogP contribution in [0.25, 0.3) is 0 Å². The Morgan fingerprint density at radius 3 is 2.55 bits per heavy atom. The number of urea groups is 1. The lowest BCUT2D eigenvalue weighted by Gasteiger charge is -2.20. The van der Waals surface area contributed by atoms with Crippen LogP contribution < -0.4 is 16.4 Å². The third-order valence-corrected chi connectivity index (χ3v) is 7.42. The smallest absolute Gasteiger partial charge is 0.332 e. The van der Waals surface area contributed by atoms with E-state index in [4.69, 9.17) is 10.6 Å². The summed E-state index contributed by atoms with van der Waals surface area (Å²) in [6.07, 6.45) is 4.07. The van der Waals surface area contributed by atoms with Crippen LogP contribution in [0.2, 0.25) is 0 Å². The number of ketones is 1. The van der Waals surface area contributed by atoms with Gasteiger partial charge in [0.15, 0.2) is 0 Å². The summed E-state index contributed by atoms with van der Waals surface area (Å²) in [4.78, 5) is 65.5. The first kappa shape index (κ1) is 23.5. The third-order valence-electron chi connectivity index (χ3n) is 5.91. The van der Waals surface area contributed by atoms with Gasteiger partial charge in [0, 0.05) is 30.3 Å². The fourth-order valence-electron chi connectivity index (χ4n) is 4.18. The Hall–Kier alpha value is -2.14. The van der Waals surface area contributed by atoms with Crippen LogP contribution in [0.4, 0.5) is 4.79 Å². The van der Waals surface area contributed by atoms with E-state index in [1.807, 2.05) is 0 Å². The number of nitrogens with one attached hydrogen (secondary N) is 2. The third kappa shape index (κ3) is 5.97. The van der Waals surface area contributed by atoms with E-state index in [-0.39, 0.29) is 54.8 Å². The van der Waals surface area contributed by atoms with Crippen LogP contribution in [0.1, 0.15) is 57.8 Å². The first-order chi connectivity index (χ1) is 14.9. The largest absolute Gasteiger partial charge is 0.343 e. The molecule has 172 valence electrons. The first-order valence-electron chi connectivity index (χ1n) is 10.9. The number of Topliss-reactive ketones (excluding diaryl/α,β-unsaturated/α-hetero) is 1. The standard InChI is InChI=1S/C20H30N4O6S/c21-10-3-1-2-6-14(25)12(19(28)30-24-16(26)8-9-17(24)27)5-4-7-15-18-13(11-31-15)22-20(29)23-18/h12-13,15,18H,1-11,21H2,(H2,22,23,29)/t12?,13-,15-,18-/m0/s1. The number of unbranched alkanes of at least 4 members (excludes halogenated alkanes) is 2. The molecule has 3 aliphatic heterocycles. The maximum atomic E-state index is 12.7. The molecule has 0 bridgehead atoms. The highest BCUT2D eigenvalue weighted by Crippen LogP contribution is 2.33. The Bertz CT molecular complexity index is 716. The minimum Gasteiger partial charge on any atom is -0.332 e. The second-order valence-electron chi connectivity index (χ2n) is 8.16. The molecule has 4 atom stereocenters. The SMILES string of the molecule is NCCCCCC(=O)C(CCC[C@@H]1SC[C@@H]2NC(=O)N[C@@H]21)C(=O)ON1C(=O)CCC1=O. The Kier molecular flexibility index (Phi) is 8.30. The zero-order valence-electron chi connectivity index (χ0n) is 17.5. The normalized spacial score (nSPS) is 25.9. The monoisotopic (exact) mass is 454 g/mol. The van der Waals surface area contributed by atoms with Crippen molar-refractivity contribution >= 4 is 41.4 Å². The maximum Gasteiger partial charge on any atom is 0.343 e. The van der Waals surface area contributed by atoms with Crippen molar-refractivity contribution in [2.75, 3.05) is 12.3 Å². The number of nitrogens with two attached hydrogens (primary N) is 1. The van der Waals surface area contributed by atoms with Crippen molar-refractivity contribution in [3.8, 4) is 0 Å². The summed E-state index contributed by atoms with van der Waals surface area (Å²) < 4.78 is 0. The molecule has 0 spiro atoms. The highest BCUT2D eigenvalue weighted by Gasteiger charge is 2.43. The molecule has 3 fully saturated rings. The van der Waals surface area contributed by atoms with Gasteiger partial charge in [-0.15, -0.1) is 5.06 Å². The Morgan fingerprint density at radius 2 is 1.84 bits per heavy atom. The molecule has 0 aromatic heterocycles.